The second-order valence-electron chi connectivity index (χ2n) is 4.77. The number of hydrogen-bond acceptors (Lipinski definition) is 3. The van der Waals surface area contributed by atoms with Crippen molar-refractivity contribution in [3.63, 3.8) is 0 Å². The van der Waals surface area contributed by atoms with E-state index in [2.05, 4.69) is 21.2 Å². The summed E-state index contributed by atoms with van der Waals surface area (Å²) in [6, 6.07) is 10.4. The summed E-state index contributed by atoms with van der Waals surface area (Å²) in [5, 5.41) is 2.86. The lowest BCUT2D eigenvalue weighted by Gasteiger charge is -2.15. The Morgan fingerprint density at radius 1 is 1.29 bits per heavy atom. The van der Waals surface area contributed by atoms with E-state index in [-0.39, 0.29) is 24.1 Å². The average Bonchev–Trinajstić information content (AvgIpc) is 2.43. The quantitative estimate of drug-likeness (QED) is 0.886. The molecule has 0 aliphatic rings. The van der Waals surface area contributed by atoms with Gasteiger partial charge in [-0.25, -0.2) is 0 Å². The van der Waals surface area contributed by atoms with Crippen LogP contribution in [0.3, 0.4) is 0 Å². The maximum absolute atomic E-state index is 12.0. The minimum absolute atomic E-state index is 0.0509. The van der Waals surface area contributed by atoms with Crippen molar-refractivity contribution < 1.29 is 4.79 Å². The van der Waals surface area contributed by atoms with E-state index in [1.165, 1.54) is 22.9 Å². The number of aromatic nitrogens is 1. The molecule has 1 atom stereocenters. The van der Waals surface area contributed by atoms with E-state index in [1.807, 2.05) is 31.2 Å². The highest BCUT2D eigenvalue weighted by molar-refractivity contribution is 9.10. The zero-order valence-corrected chi connectivity index (χ0v) is 13.1. The van der Waals surface area contributed by atoms with E-state index < -0.39 is 0 Å². The maximum Gasteiger partial charge on any atom is 0.251 e. The monoisotopic (exact) mass is 349 g/mol. The molecule has 2 aromatic rings. The number of carbonyl (C=O) groups is 1. The van der Waals surface area contributed by atoms with Crippen molar-refractivity contribution in [2.75, 3.05) is 5.73 Å². The second kappa shape index (κ2) is 6.58. The van der Waals surface area contributed by atoms with Crippen LogP contribution in [0.25, 0.3) is 0 Å². The van der Waals surface area contributed by atoms with Gasteiger partial charge in [0.15, 0.2) is 0 Å². The Kier molecular flexibility index (Phi) is 4.80. The van der Waals surface area contributed by atoms with E-state index >= 15 is 0 Å². The zero-order valence-electron chi connectivity index (χ0n) is 11.5. The van der Waals surface area contributed by atoms with Gasteiger partial charge in [0.1, 0.15) is 6.54 Å². The number of nitrogens with two attached hydrogens (primary N) is 1. The van der Waals surface area contributed by atoms with Crippen LogP contribution in [0.2, 0.25) is 0 Å². The predicted octanol–water partition coefficient (Wildman–Crippen LogP) is 2.07. The molecule has 0 bridgehead atoms. The standard InChI is InChI=1S/C15H16BrN3O2/c1-10(11-2-4-12(16)5-3-11)18-14(20)9-19-8-13(17)6-7-15(19)21/h2-8,10H,9,17H2,1H3,(H,18,20)/t10-/m0/s1. The molecule has 2 rings (SSSR count). The van der Waals surface area contributed by atoms with Crippen molar-refractivity contribution in [2.45, 2.75) is 19.5 Å². The molecule has 21 heavy (non-hydrogen) atoms. The molecule has 110 valence electrons. The van der Waals surface area contributed by atoms with Crippen molar-refractivity contribution in [2.24, 2.45) is 0 Å². The van der Waals surface area contributed by atoms with Crippen molar-refractivity contribution in [1.29, 1.82) is 0 Å². The highest BCUT2D eigenvalue weighted by Gasteiger charge is 2.10. The largest absolute Gasteiger partial charge is 0.398 e. The number of halogens is 1. The van der Waals surface area contributed by atoms with Gasteiger partial charge in [0.25, 0.3) is 5.56 Å². The predicted molar refractivity (Wildman–Crippen MR) is 85.8 cm³/mol. The van der Waals surface area contributed by atoms with Crippen LogP contribution in [0.15, 0.2) is 51.9 Å². The normalized spacial score (nSPS) is 11.9. The first-order chi connectivity index (χ1) is 9.95. The number of carbonyl (C=O) groups excluding carboxylic acids is 1. The van der Waals surface area contributed by atoms with E-state index in [9.17, 15) is 9.59 Å². The van der Waals surface area contributed by atoms with Gasteiger partial charge in [-0.2, -0.15) is 0 Å². The number of rotatable bonds is 4. The average molecular weight is 350 g/mol. The van der Waals surface area contributed by atoms with Crippen LogP contribution in [0.1, 0.15) is 18.5 Å². The third kappa shape index (κ3) is 4.19. The van der Waals surface area contributed by atoms with Crippen molar-refractivity contribution in [3.8, 4) is 0 Å². The summed E-state index contributed by atoms with van der Waals surface area (Å²) in [7, 11) is 0. The molecule has 0 aliphatic heterocycles. The minimum Gasteiger partial charge on any atom is -0.398 e. The van der Waals surface area contributed by atoms with Gasteiger partial charge in [0.2, 0.25) is 5.91 Å². The van der Waals surface area contributed by atoms with Crippen LogP contribution in [-0.2, 0) is 11.3 Å². The van der Waals surface area contributed by atoms with Crippen LogP contribution < -0.4 is 16.6 Å². The van der Waals surface area contributed by atoms with Crippen LogP contribution in [0.4, 0.5) is 5.69 Å². The fourth-order valence-electron chi connectivity index (χ4n) is 1.95. The Hall–Kier alpha value is -2.08. The van der Waals surface area contributed by atoms with Crippen LogP contribution >= 0.6 is 15.9 Å². The summed E-state index contributed by atoms with van der Waals surface area (Å²) in [5.74, 6) is -0.238. The first-order valence-corrected chi connectivity index (χ1v) is 7.26. The van der Waals surface area contributed by atoms with Gasteiger partial charge < -0.3 is 15.6 Å². The Bertz CT molecular complexity index is 695. The molecule has 3 N–H and O–H groups in total. The van der Waals surface area contributed by atoms with E-state index in [0.717, 1.165) is 10.0 Å². The van der Waals surface area contributed by atoms with Gasteiger partial charge in [-0.3, -0.25) is 9.59 Å². The van der Waals surface area contributed by atoms with Crippen molar-refractivity contribution >= 4 is 27.5 Å². The molecule has 0 radical (unpaired) electrons. The Morgan fingerprint density at radius 2 is 1.95 bits per heavy atom. The number of amides is 1. The number of nitrogen functional groups attached to an aromatic ring is 1. The molecular formula is C15H16BrN3O2. The van der Waals surface area contributed by atoms with Gasteiger partial charge >= 0.3 is 0 Å². The lowest BCUT2D eigenvalue weighted by atomic mass is 10.1. The first-order valence-electron chi connectivity index (χ1n) is 6.46. The number of hydrogen-bond donors (Lipinski definition) is 2. The number of nitrogens with zero attached hydrogens (tertiary/aromatic N) is 1. The number of pyridine rings is 1. The molecule has 5 nitrogen and oxygen atoms in total. The fraction of sp³-hybridized carbons (Fsp3) is 0.200. The molecule has 0 unspecified atom stereocenters. The minimum atomic E-state index is -0.254. The molecular weight excluding hydrogens is 334 g/mol. The third-order valence-corrected chi connectivity index (χ3v) is 3.60. The summed E-state index contributed by atoms with van der Waals surface area (Å²) in [6.07, 6.45) is 1.46. The van der Waals surface area contributed by atoms with Gasteiger partial charge in [-0.15, -0.1) is 0 Å². The molecule has 6 heteroatoms. The van der Waals surface area contributed by atoms with E-state index in [4.69, 9.17) is 5.73 Å². The summed E-state index contributed by atoms with van der Waals surface area (Å²) in [4.78, 5) is 23.6. The SMILES string of the molecule is C[C@H](NC(=O)Cn1cc(N)ccc1=O)c1ccc(Br)cc1. The summed E-state index contributed by atoms with van der Waals surface area (Å²) in [6.45, 7) is 1.84. The number of nitrogens with one attached hydrogen (secondary N) is 1. The molecule has 1 heterocycles. The maximum atomic E-state index is 12.0. The third-order valence-electron chi connectivity index (χ3n) is 3.07. The van der Waals surface area contributed by atoms with Crippen molar-refractivity contribution in [3.05, 3.63) is 63.0 Å². The molecule has 1 amide bonds. The zero-order chi connectivity index (χ0) is 15.4. The van der Waals surface area contributed by atoms with Gasteiger partial charge in [0.05, 0.1) is 6.04 Å². The molecule has 1 aromatic heterocycles. The molecule has 0 fully saturated rings. The van der Waals surface area contributed by atoms with E-state index in [0.29, 0.717) is 5.69 Å². The van der Waals surface area contributed by atoms with Gasteiger partial charge in [0, 0.05) is 22.4 Å². The lowest BCUT2D eigenvalue weighted by Crippen LogP contribution is -2.33. The summed E-state index contributed by atoms with van der Waals surface area (Å²) in [5.41, 5.74) is 6.80. The topological polar surface area (TPSA) is 77.1 Å². The Labute approximate surface area is 130 Å². The van der Waals surface area contributed by atoms with Crippen LogP contribution in [0.5, 0.6) is 0 Å². The second-order valence-corrected chi connectivity index (χ2v) is 5.69. The molecule has 0 spiro atoms. The molecule has 0 saturated carbocycles. The van der Waals surface area contributed by atoms with E-state index in [1.54, 1.807) is 0 Å². The van der Waals surface area contributed by atoms with Crippen molar-refractivity contribution in [1.82, 2.24) is 9.88 Å². The number of anilines is 1. The Balaban J connectivity index is 2.03. The molecule has 0 saturated heterocycles. The smallest absolute Gasteiger partial charge is 0.251 e. The highest BCUT2D eigenvalue weighted by atomic mass is 79.9. The fourth-order valence-corrected chi connectivity index (χ4v) is 2.21. The Morgan fingerprint density at radius 3 is 2.62 bits per heavy atom. The van der Waals surface area contributed by atoms with Crippen LogP contribution in [0, 0.1) is 0 Å². The molecule has 0 aliphatic carbocycles. The first kappa shape index (κ1) is 15.3. The highest BCUT2D eigenvalue weighted by Crippen LogP contribution is 2.16. The van der Waals surface area contributed by atoms with Crippen LogP contribution in [-0.4, -0.2) is 10.5 Å². The number of benzene rings is 1. The van der Waals surface area contributed by atoms with Gasteiger partial charge in [-0.05, 0) is 30.7 Å². The summed E-state index contributed by atoms with van der Waals surface area (Å²) < 4.78 is 2.27. The van der Waals surface area contributed by atoms with Gasteiger partial charge in [-0.1, -0.05) is 28.1 Å². The molecule has 1 aromatic carbocycles. The lowest BCUT2D eigenvalue weighted by molar-refractivity contribution is -0.122. The summed E-state index contributed by atoms with van der Waals surface area (Å²) >= 11 is 3.37.